The molecule has 0 aliphatic rings. The molecule has 0 amide bonds. The van der Waals surface area contributed by atoms with Crippen molar-refractivity contribution in [1.29, 1.82) is 0 Å². The minimum absolute atomic E-state index is 0.0526. The van der Waals surface area contributed by atoms with E-state index in [4.69, 9.17) is 16.6 Å². The predicted octanol–water partition coefficient (Wildman–Crippen LogP) is 5.29. The van der Waals surface area contributed by atoms with Gasteiger partial charge < -0.3 is 0 Å². The number of nitrogens with zero attached hydrogens (tertiary/aromatic N) is 3. The first-order valence-electron chi connectivity index (χ1n) is 9.00. The number of fused-ring (bicyclic) bond motifs is 1. The van der Waals surface area contributed by atoms with Crippen LogP contribution in [0.2, 0.25) is 5.15 Å². The molecule has 0 saturated carbocycles. The Labute approximate surface area is 172 Å². The number of rotatable bonds is 5. The third-order valence-corrected chi connectivity index (χ3v) is 5.75. The Morgan fingerprint density at radius 3 is 2.61 bits per heavy atom. The molecule has 2 aromatic heterocycles. The molecule has 140 valence electrons. The summed E-state index contributed by atoms with van der Waals surface area (Å²) in [5.41, 5.74) is 3.66. The first kappa shape index (κ1) is 18.7. The smallest absolute Gasteiger partial charge is 0.266 e. The van der Waals surface area contributed by atoms with Gasteiger partial charge in [-0.05, 0) is 41.8 Å². The molecule has 0 aliphatic carbocycles. The fourth-order valence-corrected chi connectivity index (χ4v) is 4.14. The lowest BCUT2D eigenvalue weighted by molar-refractivity contribution is 0.808. The molecular formula is C22H18ClN3OS. The van der Waals surface area contributed by atoms with E-state index >= 15 is 0 Å². The van der Waals surface area contributed by atoms with Gasteiger partial charge in [-0.25, -0.2) is 9.97 Å². The monoisotopic (exact) mass is 407 g/mol. The third kappa shape index (κ3) is 3.68. The molecule has 2 aromatic carbocycles. The molecule has 4 aromatic rings. The quantitative estimate of drug-likeness (QED) is 0.256. The summed E-state index contributed by atoms with van der Waals surface area (Å²) in [6.45, 7) is 2.09. The fraction of sp³-hybridized carbons (Fsp3) is 0.136. The van der Waals surface area contributed by atoms with E-state index in [9.17, 15) is 4.79 Å². The number of benzene rings is 2. The maximum absolute atomic E-state index is 13.4. The summed E-state index contributed by atoms with van der Waals surface area (Å²) in [4.78, 5) is 22.3. The Kier molecular flexibility index (Phi) is 5.46. The summed E-state index contributed by atoms with van der Waals surface area (Å²) in [5.74, 6) is 0.642. The molecule has 0 atom stereocenters. The fourth-order valence-electron chi connectivity index (χ4n) is 3.09. The molecule has 28 heavy (non-hydrogen) atoms. The van der Waals surface area contributed by atoms with Crippen molar-refractivity contribution in [3.05, 3.63) is 93.5 Å². The van der Waals surface area contributed by atoms with E-state index in [1.54, 1.807) is 16.8 Å². The van der Waals surface area contributed by atoms with Gasteiger partial charge in [0.25, 0.3) is 5.56 Å². The minimum atomic E-state index is -0.0526. The molecule has 0 saturated heterocycles. The topological polar surface area (TPSA) is 47.8 Å². The van der Waals surface area contributed by atoms with Crippen LogP contribution in [0, 0.1) is 0 Å². The number of para-hydroxylation sites is 2. The van der Waals surface area contributed by atoms with Crippen LogP contribution in [0.15, 0.2) is 76.8 Å². The molecule has 4 nitrogen and oxygen atoms in total. The second kappa shape index (κ2) is 8.17. The van der Waals surface area contributed by atoms with Crippen molar-refractivity contribution in [2.75, 3.05) is 0 Å². The van der Waals surface area contributed by atoms with E-state index in [-0.39, 0.29) is 5.56 Å². The van der Waals surface area contributed by atoms with Gasteiger partial charge in [-0.3, -0.25) is 9.36 Å². The van der Waals surface area contributed by atoms with E-state index in [2.05, 4.69) is 18.0 Å². The first-order valence-corrected chi connectivity index (χ1v) is 10.4. The van der Waals surface area contributed by atoms with Gasteiger partial charge in [0, 0.05) is 11.9 Å². The average Bonchev–Trinajstić information content (AvgIpc) is 2.73. The number of halogens is 1. The minimum Gasteiger partial charge on any atom is -0.268 e. The van der Waals surface area contributed by atoms with Crippen molar-refractivity contribution in [2.45, 2.75) is 24.3 Å². The van der Waals surface area contributed by atoms with Crippen LogP contribution in [0.5, 0.6) is 0 Å². The largest absolute Gasteiger partial charge is 0.268 e. The lowest BCUT2D eigenvalue weighted by Gasteiger charge is -2.16. The highest BCUT2D eigenvalue weighted by atomic mass is 35.5. The van der Waals surface area contributed by atoms with Gasteiger partial charge in [0.05, 0.1) is 16.6 Å². The summed E-state index contributed by atoms with van der Waals surface area (Å²) in [6.07, 6.45) is 2.58. The number of hydrogen-bond donors (Lipinski definition) is 0. The van der Waals surface area contributed by atoms with Crippen molar-refractivity contribution in [3.63, 3.8) is 0 Å². The molecule has 2 heterocycles. The van der Waals surface area contributed by atoms with E-state index in [1.165, 1.54) is 11.8 Å². The van der Waals surface area contributed by atoms with Crippen LogP contribution in [-0.2, 0) is 12.2 Å². The molecule has 0 bridgehead atoms. The second-order valence-electron chi connectivity index (χ2n) is 6.31. The Morgan fingerprint density at radius 1 is 1.04 bits per heavy atom. The normalized spacial score (nSPS) is 11.1. The first-order chi connectivity index (χ1) is 13.7. The molecule has 0 unspecified atom stereocenters. The van der Waals surface area contributed by atoms with Gasteiger partial charge in [-0.2, -0.15) is 0 Å². The molecule has 0 N–H and O–H groups in total. The second-order valence-corrected chi connectivity index (χ2v) is 7.64. The van der Waals surface area contributed by atoms with Gasteiger partial charge in [0.15, 0.2) is 5.16 Å². The van der Waals surface area contributed by atoms with Gasteiger partial charge in [0.1, 0.15) is 5.15 Å². The van der Waals surface area contributed by atoms with Crippen LogP contribution in [-0.4, -0.2) is 14.5 Å². The predicted molar refractivity (Wildman–Crippen MR) is 116 cm³/mol. The summed E-state index contributed by atoms with van der Waals surface area (Å²) in [7, 11) is 0. The summed E-state index contributed by atoms with van der Waals surface area (Å²) in [6, 6.07) is 19.1. The SMILES string of the molecule is CCc1ccccc1-n1c(SCc2ccc(Cl)nc2)nc2ccccc2c1=O. The van der Waals surface area contributed by atoms with Crippen LogP contribution in [0.3, 0.4) is 0 Å². The number of thioether (sulfide) groups is 1. The number of aromatic nitrogens is 3. The molecule has 0 radical (unpaired) electrons. The van der Waals surface area contributed by atoms with Crippen LogP contribution in [0.1, 0.15) is 18.1 Å². The highest BCUT2D eigenvalue weighted by Crippen LogP contribution is 2.26. The summed E-state index contributed by atoms with van der Waals surface area (Å²) >= 11 is 7.40. The van der Waals surface area contributed by atoms with E-state index in [0.29, 0.717) is 27.0 Å². The molecule has 6 heteroatoms. The highest BCUT2D eigenvalue weighted by Gasteiger charge is 2.15. The molecular weight excluding hydrogens is 390 g/mol. The number of aryl methyl sites for hydroxylation is 1. The van der Waals surface area contributed by atoms with E-state index in [0.717, 1.165) is 23.2 Å². The van der Waals surface area contributed by atoms with Gasteiger partial charge >= 0.3 is 0 Å². The maximum Gasteiger partial charge on any atom is 0.266 e. The Balaban J connectivity index is 1.86. The van der Waals surface area contributed by atoms with Gasteiger partial charge in [0.2, 0.25) is 0 Å². The van der Waals surface area contributed by atoms with Crippen molar-refractivity contribution < 1.29 is 0 Å². The summed E-state index contributed by atoms with van der Waals surface area (Å²) in [5, 5.41) is 1.75. The zero-order chi connectivity index (χ0) is 19.5. The Hall–Kier alpha value is -2.63. The van der Waals surface area contributed by atoms with Crippen molar-refractivity contribution in [3.8, 4) is 5.69 Å². The molecule has 0 aliphatic heterocycles. The van der Waals surface area contributed by atoms with Crippen molar-refractivity contribution >= 4 is 34.3 Å². The highest BCUT2D eigenvalue weighted by molar-refractivity contribution is 7.98. The average molecular weight is 408 g/mol. The van der Waals surface area contributed by atoms with E-state index < -0.39 is 0 Å². The third-order valence-electron chi connectivity index (χ3n) is 4.51. The Morgan fingerprint density at radius 2 is 1.82 bits per heavy atom. The molecule has 0 spiro atoms. The van der Waals surface area contributed by atoms with E-state index in [1.807, 2.05) is 48.5 Å². The van der Waals surface area contributed by atoms with Crippen LogP contribution in [0.25, 0.3) is 16.6 Å². The molecule has 4 rings (SSSR count). The standard InChI is InChI=1S/C22H18ClN3OS/c1-2-16-7-3-6-10-19(16)26-21(27)17-8-4-5-9-18(17)25-22(26)28-14-15-11-12-20(23)24-13-15/h3-13H,2,14H2,1H3. The number of hydrogen-bond acceptors (Lipinski definition) is 4. The number of pyridine rings is 1. The van der Waals surface area contributed by atoms with Crippen LogP contribution >= 0.6 is 23.4 Å². The molecule has 0 fully saturated rings. The van der Waals surface area contributed by atoms with Gasteiger partial charge in [-0.1, -0.05) is 66.7 Å². The zero-order valence-corrected chi connectivity index (χ0v) is 16.9. The Bertz CT molecular complexity index is 1190. The zero-order valence-electron chi connectivity index (χ0n) is 15.3. The van der Waals surface area contributed by atoms with Crippen molar-refractivity contribution in [1.82, 2.24) is 14.5 Å². The lowest BCUT2D eigenvalue weighted by Crippen LogP contribution is -2.22. The lowest BCUT2D eigenvalue weighted by atomic mass is 10.1. The van der Waals surface area contributed by atoms with Crippen molar-refractivity contribution in [2.24, 2.45) is 0 Å². The van der Waals surface area contributed by atoms with Crippen LogP contribution in [0.4, 0.5) is 0 Å². The van der Waals surface area contributed by atoms with Gasteiger partial charge in [-0.15, -0.1) is 0 Å². The maximum atomic E-state index is 13.4. The summed E-state index contributed by atoms with van der Waals surface area (Å²) < 4.78 is 1.73. The van der Waals surface area contributed by atoms with Crippen LogP contribution < -0.4 is 5.56 Å².